The van der Waals surface area contributed by atoms with Crippen LogP contribution in [0.4, 0.5) is 18.9 Å². The van der Waals surface area contributed by atoms with Crippen molar-refractivity contribution < 1.29 is 32.2 Å². The zero-order valence-corrected chi connectivity index (χ0v) is 10.5. The monoisotopic (exact) mass is 289 g/mol. The minimum absolute atomic E-state index is 0.0765. The van der Waals surface area contributed by atoms with Crippen molar-refractivity contribution in [1.29, 1.82) is 0 Å². The first-order valence-corrected chi connectivity index (χ1v) is 5.53. The van der Waals surface area contributed by atoms with Crippen LogP contribution in [-0.4, -0.2) is 23.8 Å². The van der Waals surface area contributed by atoms with Crippen molar-refractivity contribution in [3.05, 3.63) is 23.8 Å². The Labute approximate surface area is 111 Å². The molecule has 0 saturated carbocycles. The van der Waals surface area contributed by atoms with Gasteiger partial charge in [0.25, 0.3) is 0 Å². The number of aryl methyl sites for hydroxylation is 1. The van der Waals surface area contributed by atoms with E-state index in [0.29, 0.717) is 5.56 Å². The number of carbonyl (C=O) groups excluding carboxylic acids is 2. The van der Waals surface area contributed by atoms with Crippen LogP contribution in [-0.2, 0) is 14.3 Å². The molecule has 1 amide bonds. The van der Waals surface area contributed by atoms with Crippen LogP contribution in [0, 0.1) is 6.92 Å². The standard InChI is InChI=1S/C12H10F3NO4/c1-6-3-4-8-9(5-6)20-11(10(18)16-8,12(13,14)15)19-7(2)17/h3-5H,1-2H3,(H,16,18)/t11-/m1/s1. The first kappa shape index (κ1) is 14.2. The van der Waals surface area contributed by atoms with Crippen LogP contribution in [0.3, 0.4) is 0 Å². The van der Waals surface area contributed by atoms with E-state index in [-0.39, 0.29) is 11.4 Å². The number of esters is 1. The van der Waals surface area contributed by atoms with Crippen molar-refractivity contribution in [3.8, 4) is 5.75 Å². The number of hydrogen-bond donors (Lipinski definition) is 1. The average Bonchev–Trinajstić information content (AvgIpc) is 2.28. The SMILES string of the molecule is CC(=O)O[C@@]1(C(F)(F)F)Oc2cc(C)ccc2NC1=O. The predicted octanol–water partition coefficient (Wildman–Crippen LogP) is 2.15. The van der Waals surface area contributed by atoms with Gasteiger partial charge in [0.05, 0.1) is 5.69 Å². The Balaban J connectivity index is 2.54. The van der Waals surface area contributed by atoms with Crippen LogP contribution >= 0.6 is 0 Å². The number of nitrogens with one attached hydrogen (secondary N) is 1. The number of amides is 1. The highest BCUT2D eigenvalue weighted by atomic mass is 19.4. The topological polar surface area (TPSA) is 64.6 Å². The van der Waals surface area contributed by atoms with Crippen molar-refractivity contribution in [2.75, 3.05) is 5.32 Å². The van der Waals surface area contributed by atoms with Crippen molar-refractivity contribution in [1.82, 2.24) is 0 Å². The molecular formula is C12H10F3NO4. The molecule has 108 valence electrons. The van der Waals surface area contributed by atoms with Gasteiger partial charge in [-0.1, -0.05) is 6.07 Å². The molecule has 20 heavy (non-hydrogen) atoms. The Morgan fingerprint density at radius 1 is 1.40 bits per heavy atom. The van der Waals surface area contributed by atoms with Crippen LogP contribution in [0.1, 0.15) is 12.5 Å². The minimum Gasteiger partial charge on any atom is -0.435 e. The van der Waals surface area contributed by atoms with Gasteiger partial charge < -0.3 is 14.8 Å². The molecule has 0 saturated heterocycles. The lowest BCUT2D eigenvalue weighted by Crippen LogP contribution is -2.63. The molecule has 1 aromatic rings. The molecule has 0 fully saturated rings. The molecule has 1 heterocycles. The Morgan fingerprint density at radius 2 is 2.05 bits per heavy atom. The van der Waals surface area contributed by atoms with Gasteiger partial charge in [0.2, 0.25) is 0 Å². The summed E-state index contributed by atoms with van der Waals surface area (Å²) in [4.78, 5) is 22.6. The second-order valence-electron chi connectivity index (χ2n) is 4.26. The quantitative estimate of drug-likeness (QED) is 0.804. The predicted molar refractivity (Wildman–Crippen MR) is 61.0 cm³/mol. The highest BCUT2D eigenvalue weighted by Gasteiger charge is 2.69. The summed E-state index contributed by atoms with van der Waals surface area (Å²) in [7, 11) is 0. The maximum atomic E-state index is 13.1. The van der Waals surface area contributed by atoms with Gasteiger partial charge in [0.1, 0.15) is 5.75 Å². The Bertz CT molecular complexity index is 585. The molecular weight excluding hydrogens is 279 g/mol. The molecule has 1 N–H and O–H groups in total. The molecule has 1 aliphatic heterocycles. The van der Waals surface area contributed by atoms with Crippen LogP contribution in [0.15, 0.2) is 18.2 Å². The normalized spacial score (nSPS) is 21.6. The summed E-state index contributed by atoms with van der Waals surface area (Å²) in [5, 5.41) is 2.03. The smallest absolute Gasteiger partial charge is 0.435 e. The molecule has 1 aromatic carbocycles. The summed E-state index contributed by atoms with van der Waals surface area (Å²) in [5.41, 5.74) is 0.700. The van der Waals surface area contributed by atoms with E-state index in [1.807, 2.05) is 5.32 Å². The van der Waals surface area contributed by atoms with Crippen molar-refractivity contribution in [3.63, 3.8) is 0 Å². The van der Waals surface area contributed by atoms with Gasteiger partial charge in [-0.2, -0.15) is 13.2 Å². The molecule has 0 aromatic heterocycles. The third kappa shape index (κ3) is 2.17. The largest absolute Gasteiger partial charge is 0.478 e. The summed E-state index contributed by atoms with van der Waals surface area (Å²) >= 11 is 0. The van der Waals surface area contributed by atoms with E-state index in [2.05, 4.69) is 4.74 Å². The maximum Gasteiger partial charge on any atom is 0.478 e. The summed E-state index contributed by atoms with van der Waals surface area (Å²) in [6.07, 6.45) is -5.22. The summed E-state index contributed by atoms with van der Waals surface area (Å²) in [6.45, 7) is 2.40. The second kappa shape index (κ2) is 4.39. The number of carbonyl (C=O) groups is 2. The van der Waals surface area contributed by atoms with Gasteiger partial charge in [0, 0.05) is 6.92 Å². The van der Waals surface area contributed by atoms with Gasteiger partial charge in [-0.3, -0.25) is 9.59 Å². The second-order valence-corrected chi connectivity index (χ2v) is 4.26. The van der Waals surface area contributed by atoms with Crippen molar-refractivity contribution in [2.45, 2.75) is 25.8 Å². The molecule has 0 radical (unpaired) electrons. The lowest BCUT2D eigenvalue weighted by Gasteiger charge is -2.36. The Hall–Kier alpha value is -2.25. The zero-order chi connectivity index (χ0) is 15.1. The minimum atomic E-state index is -5.22. The number of rotatable bonds is 1. The van der Waals surface area contributed by atoms with E-state index in [1.165, 1.54) is 12.1 Å². The lowest BCUT2D eigenvalue weighted by molar-refractivity contribution is -0.320. The number of benzene rings is 1. The third-order valence-electron chi connectivity index (χ3n) is 2.60. The number of fused-ring (bicyclic) bond motifs is 1. The highest BCUT2D eigenvalue weighted by molar-refractivity contribution is 6.01. The number of ether oxygens (including phenoxy) is 2. The van der Waals surface area contributed by atoms with Crippen LogP contribution in [0.5, 0.6) is 5.75 Å². The fraction of sp³-hybridized carbons (Fsp3) is 0.333. The van der Waals surface area contributed by atoms with Gasteiger partial charge in [-0.15, -0.1) is 0 Å². The highest BCUT2D eigenvalue weighted by Crippen LogP contribution is 2.43. The van der Waals surface area contributed by atoms with Crippen LogP contribution < -0.4 is 10.1 Å². The molecule has 5 nitrogen and oxygen atoms in total. The van der Waals surface area contributed by atoms with E-state index in [9.17, 15) is 22.8 Å². The molecule has 1 aliphatic rings. The van der Waals surface area contributed by atoms with E-state index in [4.69, 9.17) is 4.74 Å². The van der Waals surface area contributed by atoms with E-state index in [0.717, 1.165) is 6.92 Å². The summed E-state index contributed by atoms with van der Waals surface area (Å²) in [6, 6.07) is 4.30. The van der Waals surface area contributed by atoms with E-state index >= 15 is 0 Å². The fourth-order valence-electron chi connectivity index (χ4n) is 1.74. The molecule has 2 rings (SSSR count). The van der Waals surface area contributed by atoms with Gasteiger partial charge in [-0.25, -0.2) is 0 Å². The van der Waals surface area contributed by atoms with Crippen LogP contribution in [0.25, 0.3) is 0 Å². The Morgan fingerprint density at radius 3 is 2.60 bits per heavy atom. The van der Waals surface area contributed by atoms with Gasteiger partial charge >= 0.3 is 23.8 Å². The van der Waals surface area contributed by atoms with E-state index < -0.39 is 23.8 Å². The van der Waals surface area contributed by atoms with Crippen molar-refractivity contribution >= 4 is 17.6 Å². The average molecular weight is 289 g/mol. The number of hydrogen-bond acceptors (Lipinski definition) is 4. The number of anilines is 1. The Kier molecular flexibility index (Phi) is 3.11. The summed E-state index contributed by atoms with van der Waals surface area (Å²) < 4.78 is 48.3. The first-order chi connectivity index (χ1) is 9.15. The fourth-order valence-corrected chi connectivity index (χ4v) is 1.74. The molecule has 0 unspecified atom stereocenters. The van der Waals surface area contributed by atoms with Gasteiger partial charge in [-0.05, 0) is 24.6 Å². The lowest BCUT2D eigenvalue weighted by atomic mass is 10.1. The van der Waals surface area contributed by atoms with Gasteiger partial charge in [0.15, 0.2) is 0 Å². The zero-order valence-electron chi connectivity index (χ0n) is 10.5. The maximum absolute atomic E-state index is 13.1. The molecule has 0 bridgehead atoms. The number of halogens is 3. The third-order valence-corrected chi connectivity index (χ3v) is 2.60. The molecule has 1 atom stereocenters. The van der Waals surface area contributed by atoms with Crippen LogP contribution in [0.2, 0.25) is 0 Å². The first-order valence-electron chi connectivity index (χ1n) is 5.53. The number of alkyl halides is 3. The van der Waals surface area contributed by atoms with Crippen molar-refractivity contribution in [2.24, 2.45) is 0 Å². The van der Waals surface area contributed by atoms with E-state index in [1.54, 1.807) is 13.0 Å². The molecule has 0 spiro atoms. The summed E-state index contributed by atoms with van der Waals surface area (Å²) in [5.74, 6) is -6.77. The molecule has 0 aliphatic carbocycles. The molecule has 8 heteroatoms.